The van der Waals surface area contributed by atoms with Gasteiger partial charge in [-0.3, -0.25) is 4.89 Å². The SMILES string of the molecule is O=C([O-])C(=O)OOCCl.[Na+]. The average molecular weight is 176 g/mol. The number of hydrogen-bond donors (Lipinski definition) is 0. The summed E-state index contributed by atoms with van der Waals surface area (Å²) in [4.78, 5) is 26.6. The van der Waals surface area contributed by atoms with Crippen LogP contribution in [-0.4, -0.2) is 18.0 Å². The Kier molecular flexibility index (Phi) is 9.36. The number of rotatable bonds is 2. The molecule has 0 heterocycles. The summed E-state index contributed by atoms with van der Waals surface area (Å²) < 4.78 is 0. The molecule has 7 heteroatoms. The van der Waals surface area contributed by atoms with E-state index in [1.165, 1.54) is 0 Å². The van der Waals surface area contributed by atoms with Crippen molar-refractivity contribution in [1.29, 1.82) is 0 Å². The topological polar surface area (TPSA) is 75.7 Å². The van der Waals surface area contributed by atoms with E-state index in [1.54, 1.807) is 0 Å². The van der Waals surface area contributed by atoms with Gasteiger partial charge in [-0.1, -0.05) is 11.6 Å². The van der Waals surface area contributed by atoms with E-state index < -0.39 is 18.0 Å². The summed E-state index contributed by atoms with van der Waals surface area (Å²) in [6.07, 6.45) is 0. The quantitative estimate of drug-likeness (QED) is 0.139. The van der Waals surface area contributed by atoms with E-state index in [9.17, 15) is 14.7 Å². The molecule has 5 nitrogen and oxygen atoms in total. The summed E-state index contributed by atoms with van der Waals surface area (Å²) in [5.41, 5.74) is 0. The molecule has 0 radical (unpaired) electrons. The van der Waals surface area contributed by atoms with Crippen LogP contribution in [0.2, 0.25) is 0 Å². The standard InChI is InChI=1S/C3H3ClO5.Na/c4-1-8-9-3(7)2(5)6;/h1H2,(H,5,6);/q;+1/p-1. The van der Waals surface area contributed by atoms with Gasteiger partial charge in [-0.15, -0.1) is 0 Å². The Balaban J connectivity index is 0. The molecule has 0 aliphatic rings. The van der Waals surface area contributed by atoms with Gasteiger partial charge in [0.15, 0.2) is 12.0 Å². The van der Waals surface area contributed by atoms with Crippen LogP contribution >= 0.6 is 11.6 Å². The first-order chi connectivity index (χ1) is 4.18. The Morgan fingerprint density at radius 3 is 2.30 bits per heavy atom. The number of hydrogen-bond acceptors (Lipinski definition) is 5. The summed E-state index contributed by atoms with van der Waals surface area (Å²) in [6, 6.07) is -0.418. The van der Waals surface area contributed by atoms with Crippen molar-refractivity contribution in [2.45, 2.75) is 0 Å². The molecule has 0 aromatic carbocycles. The molecule has 0 amide bonds. The molecule has 52 valence electrons. The Morgan fingerprint density at radius 2 is 2.00 bits per heavy atom. The molecule has 0 saturated heterocycles. The van der Waals surface area contributed by atoms with Crippen LogP contribution in [0, 0.1) is 0 Å². The molecule has 0 saturated carbocycles. The molecule has 0 aromatic heterocycles. The van der Waals surface area contributed by atoms with Crippen LogP contribution in [0.3, 0.4) is 0 Å². The van der Waals surface area contributed by atoms with Crippen LogP contribution in [-0.2, 0) is 19.4 Å². The summed E-state index contributed by atoms with van der Waals surface area (Å²) >= 11 is 4.84. The van der Waals surface area contributed by atoms with Gasteiger partial charge in [0.25, 0.3) is 0 Å². The molecule has 0 rings (SSSR count). The minimum atomic E-state index is -1.97. The maximum atomic E-state index is 9.83. The smallest absolute Gasteiger partial charge is 0.539 e. The molecule has 10 heavy (non-hydrogen) atoms. The predicted octanol–water partition coefficient (Wildman–Crippen LogP) is -4.59. The fourth-order valence-corrected chi connectivity index (χ4v) is 0.154. The van der Waals surface area contributed by atoms with Crippen LogP contribution in [0.4, 0.5) is 0 Å². The van der Waals surface area contributed by atoms with Gasteiger partial charge in [0.1, 0.15) is 0 Å². The molecule has 0 bridgehead atoms. The first kappa shape index (κ1) is 12.8. The molecule has 0 atom stereocenters. The third-order valence-electron chi connectivity index (χ3n) is 0.346. The second-order valence-corrected chi connectivity index (χ2v) is 1.10. The van der Waals surface area contributed by atoms with E-state index in [0.29, 0.717) is 0 Å². The van der Waals surface area contributed by atoms with Crippen LogP contribution < -0.4 is 34.7 Å². The van der Waals surface area contributed by atoms with Crippen molar-refractivity contribution in [3.8, 4) is 0 Å². The van der Waals surface area contributed by atoms with E-state index >= 15 is 0 Å². The normalized spacial score (nSPS) is 7.70. The van der Waals surface area contributed by atoms with E-state index in [4.69, 9.17) is 11.6 Å². The molecular formula is C3H2ClNaO5. The zero-order valence-electron chi connectivity index (χ0n) is 5.13. The molecule has 0 spiro atoms. The molecule has 0 unspecified atom stereocenters. The minimum Gasteiger partial charge on any atom is -0.539 e. The summed E-state index contributed by atoms with van der Waals surface area (Å²) in [6.45, 7) is 0. The second-order valence-electron chi connectivity index (χ2n) is 0.885. The third kappa shape index (κ3) is 6.31. The van der Waals surface area contributed by atoms with Crippen molar-refractivity contribution in [3.63, 3.8) is 0 Å². The Labute approximate surface area is 83.5 Å². The molecular weight excluding hydrogens is 174 g/mol. The third-order valence-corrected chi connectivity index (χ3v) is 0.435. The average Bonchev–Trinajstić information content (AvgIpc) is 1.82. The monoisotopic (exact) mass is 176 g/mol. The van der Waals surface area contributed by atoms with E-state index in [2.05, 4.69) is 9.78 Å². The summed E-state index contributed by atoms with van der Waals surface area (Å²) in [7, 11) is 0. The van der Waals surface area contributed by atoms with Crippen molar-refractivity contribution < 1.29 is 54.0 Å². The van der Waals surface area contributed by atoms with Crippen LogP contribution in [0.1, 0.15) is 0 Å². The molecule has 0 fully saturated rings. The van der Waals surface area contributed by atoms with Crippen molar-refractivity contribution in [3.05, 3.63) is 0 Å². The van der Waals surface area contributed by atoms with Crippen LogP contribution in [0.15, 0.2) is 0 Å². The molecule has 0 N–H and O–H groups in total. The number of halogens is 1. The molecule has 0 aliphatic heterocycles. The summed E-state index contributed by atoms with van der Waals surface area (Å²) in [5, 5.41) is 9.50. The van der Waals surface area contributed by atoms with Crippen LogP contribution in [0.5, 0.6) is 0 Å². The van der Waals surface area contributed by atoms with Gasteiger partial charge in [0.05, 0.1) is 0 Å². The van der Waals surface area contributed by atoms with Crippen molar-refractivity contribution >= 4 is 23.5 Å². The van der Waals surface area contributed by atoms with E-state index in [1.807, 2.05) is 0 Å². The first-order valence-electron chi connectivity index (χ1n) is 1.79. The maximum absolute atomic E-state index is 9.83. The number of aliphatic carboxylic acids is 1. The predicted molar refractivity (Wildman–Crippen MR) is 22.9 cm³/mol. The van der Waals surface area contributed by atoms with Gasteiger partial charge in [-0.2, -0.15) is 4.89 Å². The van der Waals surface area contributed by atoms with E-state index in [-0.39, 0.29) is 29.6 Å². The number of alkyl halides is 1. The second kappa shape index (κ2) is 7.30. The zero-order chi connectivity index (χ0) is 7.28. The minimum absolute atomic E-state index is 0. The fraction of sp³-hybridized carbons (Fsp3) is 0.333. The van der Waals surface area contributed by atoms with Gasteiger partial charge < -0.3 is 9.90 Å². The Bertz CT molecular complexity index is 126. The Morgan fingerprint density at radius 1 is 1.50 bits per heavy atom. The van der Waals surface area contributed by atoms with Crippen LogP contribution in [0.25, 0.3) is 0 Å². The summed E-state index contributed by atoms with van der Waals surface area (Å²) in [5.74, 6) is -3.57. The van der Waals surface area contributed by atoms with E-state index in [0.717, 1.165) is 0 Å². The zero-order valence-corrected chi connectivity index (χ0v) is 7.88. The van der Waals surface area contributed by atoms with Crippen molar-refractivity contribution in [2.24, 2.45) is 0 Å². The Hall–Kier alpha value is 0.190. The fourth-order valence-electron chi connectivity index (χ4n) is 0.110. The van der Waals surface area contributed by atoms with Gasteiger partial charge in [-0.25, -0.2) is 4.79 Å². The number of carboxylic acid groups (broad SMARTS) is 1. The largest absolute Gasteiger partial charge is 1.00 e. The van der Waals surface area contributed by atoms with Crippen molar-refractivity contribution in [1.82, 2.24) is 0 Å². The number of carboxylic acids is 1. The maximum Gasteiger partial charge on any atom is 1.00 e. The molecule has 0 aromatic rings. The van der Waals surface area contributed by atoms with Gasteiger partial charge in [0.2, 0.25) is 0 Å². The molecule has 0 aliphatic carbocycles. The van der Waals surface area contributed by atoms with Gasteiger partial charge >= 0.3 is 35.5 Å². The van der Waals surface area contributed by atoms with Gasteiger partial charge in [0, 0.05) is 0 Å². The van der Waals surface area contributed by atoms with Crippen molar-refractivity contribution in [2.75, 3.05) is 6.07 Å². The number of carbonyl (C=O) groups is 2. The first-order valence-corrected chi connectivity index (χ1v) is 2.32. The number of carbonyl (C=O) groups excluding carboxylic acids is 2. The van der Waals surface area contributed by atoms with Gasteiger partial charge in [-0.05, 0) is 0 Å².